The summed E-state index contributed by atoms with van der Waals surface area (Å²) in [5, 5.41) is 3.36. The van der Waals surface area contributed by atoms with Crippen molar-refractivity contribution in [3.8, 4) is 0 Å². The molecular weight excluding hydrogens is 264 g/mol. The Labute approximate surface area is 115 Å². The van der Waals surface area contributed by atoms with E-state index in [0.717, 1.165) is 5.56 Å². The van der Waals surface area contributed by atoms with E-state index in [0.29, 0.717) is 22.1 Å². The van der Waals surface area contributed by atoms with Crippen LogP contribution in [0.3, 0.4) is 0 Å². The van der Waals surface area contributed by atoms with Gasteiger partial charge >= 0.3 is 0 Å². The minimum atomic E-state index is -0.249. The van der Waals surface area contributed by atoms with Crippen LogP contribution < -0.4 is 16.6 Å². The van der Waals surface area contributed by atoms with E-state index in [1.165, 1.54) is 6.20 Å². The van der Waals surface area contributed by atoms with Crippen LogP contribution in [-0.2, 0) is 0 Å². The van der Waals surface area contributed by atoms with E-state index in [1.54, 1.807) is 24.3 Å². The summed E-state index contributed by atoms with van der Waals surface area (Å²) in [6.45, 7) is 1.89. The van der Waals surface area contributed by atoms with Gasteiger partial charge in [0.25, 0.3) is 5.91 Å². The minimum Gasteiger partial charge on any atom is -0.322 e. The summed E-state index contributed by atoms with van der Waals surface area (Å²) in [6, 6.07) is 8.59. The molecule has 5 nitrogen and oxygen atoms in total. The molecular formula is C13H13ClN4O. The summed E-state index contributed by atoms with van der Waals surface area (Å²) >= 11 is 5.90. The topological polar surface area (TPSA) is 80.0 Å². The van der Waals surface area contributed by atoms with Crippen LogP contribution in [0.2, 0.25) is 5.02 Å². The van der Waals surface area contributed by atoms with Gasteiger partial charge in [0.05, 0.1) is 5.56 Å². The van der Waals surface area contributed by atoms with Gasteiger partial charge in [-0.2, -0.15) is 0 Å². The molecule has 0 aliphatic heterocycles. The molecule has 2 rings (SSSR count). The molecule has 1 aromatic heterocycles. The summed E-state index contributed by atoms with van der Waals surface area (Å²) in [4.78, 5) is 16.0. The predicted octanol–water partition coefficient (Wildman–Crippen LogP) is 2.58. The molecule has 0 bridgehead atoms. The highest BCUT2D eigenvalue weighted by Crippen LogP contribution is 2.20. The number of hydrazine groups is 1. The molecule has 1 aromatic carbocycles. The third-order valence-corrected chi connectivity index (χ3v) is 2.86. The molecule has 0 saturated carbocycles. The van der Waals surface area contributed by atoms with E-state index in [2.05, 4.69) is 15.7 Å². The Morgan fingerprint density at radius 1 is 1.32 bits per heavy atom. The number of nitrogens with two attached hydrogens (primary N) is 1. The number of nitrogens with zero attached hydrogens (tertiary/aromatic N) is 1. The van der Waals surface area contributed by atoms with E-state index >= 15 is 0 Å². The molecule has 98 valence electrons. The molecule has 0 unspecified atom stereocenters. The molecule has 4 N–H and O–H groups in total. The number of hydrogen-bond acceptors (Lipinski definition) is 4. The summed E-state index contributed by atoms with van der Waals surface area (Å²) in [7, 11) is 0. The van der Waals surface area contributed by atoms with E-state index in [1.807, 2.05) is 13.0 Å². The third-order valence-electron chi connectivity index (χ3n) is 2.62. The lowest BCUT2D eigenvalue weighted by Crippen LogP contribution is -2.14. The predicted molar refractivity (Wildman–Crippen MR) is 76.2 cm³/mol. The van der Waals surface area contributed by atoms with Crippen LogP contribution in [-0.4, -0.2) is 10.9 Å². The maximum absolute atomic E-state index is 12.0. The number of pyridine rings is 1. The molecule has 1 amide bonds. The number of halogens is 1. The van der Waals surface area contributed by atoms with Gasteiger partial charge in [-0.25, -0.2) is 10.8 Å². The summed E-state index contributed by atoms with van der Waals surface area (Å²) in [5.74, 6) is 5.46. The third kappa shape index (κ3) is 3.21. The van der Waals surface area contributed by atoms with Crippen molar-refractivity contribution >= 4 is 29.0 Å². The van der Waals surface area contributed by atoms with E-state index in [9.17, 15) is 4.79 Å². The van der Waals surface area contributed by atoms with Gasteiger partial charge in [-0.05, 0) is 36.8 Å². The van der Waals surface area contributed by atoms with Crippen LogP contribution in [0.15, 0.2) is 36.5 Å². The summed E-state index contributed by atoms with van der Waals surface area (Å²) < 4.78 is 0. The van der Waals surface area contributed by atoms with Crippen molar-refractivity contribution in [2.45, 2.75) is 6.92 Å². The Bertz CT molecular complexity index is 598. The number of aryl methyl sites for hydroxylation is 1. The lowest BCUT2D eigenvalue weighted by atomic mass is 10.2. The van der Waals surface area contributed by atoms with Gasteiger partial charge in [-0.15, -0.1) is 0 Å². The number of nitrogens with one attached hydrogen (secondary N) is 2. The molecule has 19 heavy (non-hydrogen) atoms. The first-order valence-corrected chi connectivity index (χ1v) is 5.98. The van der Waals surface area contributed by atoms with Gasteiger partial charge < -0.3 is 10.7 Å². The average molecular weight is 277 g/mol. The molecule has 0 aliphatic rings. The van der Waals surface area contributed by atoms with Crippen LogP contribution in [0, 0.1) is 6.92 Å². The highest BCUT2D eigenvalue weighted by Gasteiger charge is 2.08. The number of nitrogen functional groups attached to an aromatic ring is 1. The maximum atomic E-state index is 12.0. The monoisotopic (exact) mass is 276 g/mol. The smallest absolute Gasteiger partial charge is 0.257 e. The number of aromatic nitrogens is 1. The second-order valence-electron chi connectivity index (χ2n) is 3.99. The highest BCUT2D eigenvalue weighted by atomic mass is 35.5. The van der Waals surface area contributed by atoms with Crippen LogP contribution in [0.1, 0.15) is 15.9 Å². The van der Waals surface area contributed by atoms with E-state index in [-0.39, 0.29) is 5.91 Å². The van der Waals surface area contributed by atoms with E-state index in [4.69, 9.17) is 17.4 Å². The lowest BCUT2D eigenvalue weighted by Gasteiger charge is -2.09. The van der Waals surface area contributed by atoms with Crippen molar-refractivity contribution in [1.82, 2.24) is 4.98 Å². The zero-order chi connectivity index (χ0) is 13.8. The first-order valence-electron chi connectivity index (χ1n) is 5.60. The summed E-state index contributed by atoms with van der Waals surface area (Å²) in [5.41, 5.74) is 4.46. The van der Waals surface area contributed by atoms with Crippen molar-refractivity contribution in [2.75, 3.05) is 10.7 Å². The van der Waals surface area contributed by atoms with Gasteiger partial charge in [0.1, 0.15) is 5.82 Å². The van der Waals surface area contributed by atoms with Gasteiger partial charge in [-0.3, -0.25) is 4.79 Å². The Balaban J connectivity index is 2.18. The van der Waals surface area contributed by atoms with E-state index < -0.39 is 0 Å². The second-order valence-corrected chi connectivity index (χ2v) is 4.43. The molecule has 2 aromatic rings. The second kappa shape index (κ2) is 5.69. The van der Waals surface area contributed by atoms with Gasteiger partial charge in [-0.1, -0.05) is 17.7 Å². The first-order chi connectivity index (χ1) is 9.10. The minimum absolute atomic E-state index is 0.249. The van der Waals surface area contributed by atoms with Crippen LogP contribution >= 0.6 is 11.6 Å². The zero-order valence-corrected chi connectivity index (χ0v) is 11.0. The van der Waals surface area contributed by atoms with Crippen LogP contribution in [0.4, 0.5) is 11.5 Å². The van der Waals surface area contributed by atoms with Crippen molar-refractivity contribution in [3.05, 3.63) is 52.7 Å². The van der Waals surface area contributed by atoms with Crippen molar-refractivity contribution in [2.24, 2.45) is 5.84 Å². The quantitative estimate of drug-likeness (QED) is 0.595. The molecule has 0 aliphatic carbocycles. The zero-order valence-electron chi connectivity index (χ0n) is 10.3. The van der Waals surface area contributed by atoms with Crippen molar-refractivity contribution in [3.63, 3.8) is 0 Å². The number of benzene rings is 1. The normalized spacial score (nSPS) is 10.1. The molecule has 0 spiro atoms. The fourth-order valence-corrected chi connectivity index (χ4v) is 1.71. The largest absolute Gasteiger partial charge is 0.322 e. The van der Waals surface area contributed by atoms with Crippen molar-refractivity contribution in [1.29, 1.82) is 0 Å². The van der Waals surface area contributed by atoms with Gasteiger partial charge in [0.2, 0.25) is 0 Å². The maximum Gasteiger partial charge on any atom is 0.257 e. The number of hydrogen-bond donors (Lipinski definition) is 3. The molecule has 6 heteroatoms. The van der Waals surface area contributed by atoms with Gasteiger partial charge in [0.15, 0.2) is 0 Å². The van der Waals surface area contributed by atoms with Crippen LogP contribution in [0.25, 0.3) is 0 Å². The summed E-state index contributed by atoms with van der Waals surface area (Å²) in [6.07, 6.45) is 1.45. The highest BCUT2D eigenvalue weighted by molar-refractivity contribution is 6.31. The SMILES string of the molecule is Cc1ccc(Cl)cc1NC(=O)c1ccc(NN)nc1. The molecule has 1 heterocycles. The van der Waals surface area contributed by atoms with Gasteiger partial charge in [0, 0.05) is 16.9 Å². The molecule has 0 fully saturated rings. The number of amides is 1. The Hall–Kier alpha value is -2.11. The number of carbonyl (C=O) groups is 1. The molecule has 0 atom stereocenters. The fraction of sp³-hybridized carbons (Fsp3) is 0.0769. The Morgan fingerprint density at radius 3 is 2.74 bits per heavy atom. The Kier molecular flexibility index (Phi) is 3.99. The number of carbonyl (C=O) groups excluding carboxylic acids is 1. The standard InChI is InChI=1S/C13H13ClN4O/c1-8-2-4-10(14)6-11(8)17-13(19)9-3-5-12(18-15)16-7-9/h2-7H,15H2,1H3,(H,16,18)(H,17,19). The lowest BCUT2D eigenvalue weighted by molar-refractivity contribution is 0.102. The number of anilines is 2. The molecule has 0 radical (unpaired) electrons. The number of rotatable bonds is 3. The average Bonchev–Trinajstić information content (AvgIpc) is 2.43. The van der Waals surface area contributed by atoms with Crippen LogP contribution in [0.5, 0.6) is 0 Å². The fourth-order valence-electron chi connectivity index (χ4n) is 1.54. The van der Waals surface area contributed by atoms with Crippen molar-refractivity contribution < 1.29 is 4.79 Å². The molecule has 0 saturated heterocycles. The first kappa shape index (κ1) is 13.3. The Morgan fingerprint density at radius 2 is 2.11 bits per heavy atom.